The molecule has 0 heterocycles. The Labute approximate surface area is 152 Å². The Morgan fingerprint density at radius 2 is 1.88 bits per heavy atom. The lowest BCUT2D eigenvalue weighted by atomic mass is 10.1. The summed E-state index contributed by atoms with van der Waals surface area (Å²) >= 11 is 0. The van der Waals surface area contributed by atoms with Crippen LogP contribution >= 0.6 is 12.4 Å². The first-order chi connectivity index (χ1) is 10.9. The number of halogens is 4. The molecule has 0 saturated heterocycles. The maximum atomic E-state index is 13.3. The molecule has 0 aliphatic rings. The molecule has 0 saturated carbocycles. The highest BCUT2D eigenvalue weighted by Gasteiger charge is 2.34. The number of hydrogen-bond acceptors (Lipinski definition) is 3. The number of carbonyl (C=O) groups is 1. The van der Waals surface area contributed by atoms with Gasteiger partial charge in [-0.05, 0) is 44.9 Å². The van der Waals surface area contributed by atoms with Crippen LogP contribution in [0, 0.1) is 0 Å². The first-order valence-electron chi connectivity index (χ1n) is 7.86. The SMILES string of the molecule is CCCC(N)C(=O)NCc1ccc(OC(C)(C)C)cc1C(F)(F)F.Cl. The van der Waals surface area contributed by atoms with Crippen molar-refractivity contribution in [1.29, 1.82) is 0 Å². The zero-order valence-electron chi connectivity index (χ0n) is 14.9. The predicted molar refractivity (Wildman–Crippen MR) is 93.8 cm³/mol. The van der Waals surface area contributed by atoms with Gasteiger partial charge in [0.1, 0.15) is 11.4 Å². The Morgan fingerprint density at radius 1 is 1.28 bits per heavy atom. The molecule has 0 radical (unpaired) electrons. The van der Waals surface area contributed by atoms with E-state index in [0.29, 0.717) is 6.42 Å². The minimum absolute atomic E-state index is 0. The minimum Gasteiger partial charge on any atom is -0.488 e. The first kappa shape index (κ1) is 23.5. The molecular weight excluding hydrogens is 357 g/mol. The lowest BCUT2D eigenvalue weighted by Crippen LogP contribution is -2.40. The van der Waals surface area contributed by atoms with Crippen LogP contribution in [0.4, 0.5) is 13.2 Å². The molecule has 1 aromatic rings. The molecule has 0 bridgehead atoms. The van der Waals surface area contributed by atoms with E-state index in [1.54, 1.807) is 20.8 Å². The smallest absolute Gasteiger partial charge is 0.416 e. The monoisotopic (exact) mass is 382 g/mol. The lowest BCUT2D eigenvalue weighted by molar-refractivity contribution is -0.138. The lowest BCUT2D eigenvalue weighted by Gasteiger charge is -2.23. The summed E-state index contributed by atoms with van der Waals surface area (Å²) in [6, 6.07) is 3.02. The Hall–Kier alpha value is -1.47. The van der Waals surface area contributed by atoms with E-state index in [1.807, 2.05) is 6.92 Å². The molecule has 0 aromatic heterocycles. The highest BCUT2D eigenvalue weighted by molar-refractivity contribution is 5.85. The molecule has 1 unspecified atom stereocenters. The van der Waals surface area contributed by atoms with Crippen LogP contribution < -0.4 is 15.8 Å². The molecular formula is C17H26ClF3N2O2. The summed E-state index contributed by atoms with van der Waals surface area (Å²) < 4.78 is 45.3. The third-order valence-electron chi connectivity index (χ3n) is 3.20. The van der Waals surface area contributed by atoms with Crippen LogP contribution in [-0.4, -0.2) is 17.6 Å². The van der Waals surface area contributed by atoms with E-state index in [4.69, 9.17) is 10.5 Å². The van der Waals surface area contributed by atoms with Crippen LogP contribution in [0.3, 0.4) is 0 Å². The minimum atomic E-state index is -4.54. The number of nitrogens with one attached hydrogen (secondary N) is 1. The number of amides is 1. The van der Waals surface area contributed by atoms with Crippen molar-refractivity contribution in [3.05, 3.63) is 29.3 Å². The zero-order chi connectivity index (χ0) is 18.5. The van der Waals surface area contributed by atoms with Gasteiger partial charge in [-0.25, -0.2) is 0 Å². The van der Waals surface area contributed by atoms with E-state index in [9.17, 15) is 18.0 Å². The Bertz CT molecular complexity index is 572. The van der Waals surface area contributed by atoms with Gasteiger partial charge < -0.3 is 15.8 Å². The van der Waals surface area contributed by atoms with Crippen LogP contribution in [-0.2, 0) is 17.5 Å². The largest absolute Gasteiger partial charge is 0.488 e. The van der Waals surface area contributed by atoms with Crippen molar-refractivity contribution in [2.75, 3.05) is 0 Å². The van der Waals surface area contributed by atoms with Gasteiger partial charge >= 0.3 is 6.18 Å². The molecule has 0 aliphatic carbocycles. The molecule has 1 aromatic carbocycles. The van der Waals surface area contributed by atoms with Gasteiger partial charge in [0.15, 0.2) is 0 Å². The molecule has 0 aliphatic heterocycles. The topological polar surface area (TPSA) is 64.4 Å². The molecule has 144 valence electrons. The normalized spacial score (nSPS) is 13.0. The fourth-order valence-electron chi connectivity index (χ4n) is 2.15. The number of ether oxygens (including phenoxy) is 1. The zero-order valence-corrected chi connectivity index (χ0v) is 15.7. The summed E-state index contributed by atoms with van der Waals surface area (Å²) in [5.41, 5.74) is 4.20. The number of hydrogen-bond donors (Lipinski definition) is 2. The second kappa shape index (κ2) is 9.29. The predicted octanol–water partition coefficient (Wildman–Crippen LogP) is 4.05. The van der Waals surface area contributed by atoms with Crippen molar-refractivity contribution in [2.45, 2.75) is 64.9 Å². The van der Waals surface area contributed by atoms with Crippen molar-refractivity contribution in [2.24, 2.45) is 5.73 Å². The van der Waals surface area contributed by atoms with Gasteiger partial charge in [-0.2, -0.15) is 13.2 Å². The number of benzene rings is 1. The molecule has 0 fully saturated rings. The van der Waals surface area contributed by atoms with Crippen LogP contribution in [0.1, 0.15) is 51.7 Å². The van der Waals surface area contributed by atoms with E-state index >= 15 is 0 Å². The first-order valence-corrected chi connectivity index (χ1v) is 7.86. The number of alkyl halides is 3. The van der Waals surface area contributed by atoms with E-state index in [0.717, 1.165) is 12.5 Å². The fraction of sp³-hybridized carbons (Fsp3) is 0.588. The second-order valence-corrected chi connectivity index (χ2v) is 6.64. The molecule has 4 nitrogen and oxygen atoms in total. The van der Waals surface area contributed by atoms with Gasteiger partial charge in [-0.3, -0.25) is 4.79 Å². The fourth-order valence-corrected chi connectivity index (χ4v) is 2.15. The highest BCUT2D eigenvalue weighted by Crippen LogP contribution is 2.35. The van der Waals surface area contributed by atoms with Crippen molar-refractivity contribution in [3.63, 3.8) is 0 Å². The third-order valence-corrected chi connectivity index (χ3v) is 3.20. The number of rotatable bonds is 6. The summed E-state index contributed by atoms with van der Waals surface area (Å²) in [5.74, 6) is -0.326. The second-order valence-electron chi connectivity index (χ2n) is 6.64. The van der Waals surface area contributed by atoms with Crippen LogP contribution in [0.15, 0.2) is 18.2 Å². The van der Waals surface area contributed by atoms with Crippen molar-refractivity contribution >= 4 is 18.3 Å². The number of nitrogens with two attached hydrogens (primary N) is 1. The average molecular weight is 383 g/mol. The Balaban J connectivity index is 0.00000576. The molecule has 3 N–H and O–H groups in total. The maximum Gasteiger partial charge on any atom is 0.416 e. The Kier molecular flexibility index (Phi) is 8.74. The third kappa shape index (κ3) is 7.96. The van der Waals surface area contributed by atoms with Gasteiger partial charge in [0.05, 0.1) is 11.6 Å². The van der Waals surface area contributed by atoms with Gasteiger partial charge in [0, 0.05) is 6.54 Å². The van der Waals surface area contributed by atoms with Gasteiger partial charge in [0.25, 0.3) is 0 Å². The molecule has 1 amide bonds. The van der Waals surface area contributed by atoms with Gasteiger partial charge in [0.2, 0.25) is 5.91 Å². The quantitative estimate of drug-likeness (QED) is 0.780. The summed E-state index contributed by atoms with van der Waals surface area (Å²) in [5, 5.41) is 2.46. The molecule has 8 heteroatoms. The van der Waals surface area contributed by atoms with Crippen LogP contribution in [0.2, 0.25) is 0 Å². The van der Waals surface area contributed by atoms with Crippen molar-refractivity contribution in [1.82, 2.24) is 5.32 Å². The molecule has 1 rings (SSSR count). The summed E-state index contributed by atoms with van der Waals surface area (Å²) in [7, 11) is 0. The maximum absolute atomic E-state index is 13.3. The van der Waals surface area contributed by atoms with E-state index in [1.165, 1.54) is 12.1 Å². The molecule has 0 spiro atoms. The molecule has 1 atom stereocenters. The van der Waals surface area contributed by atoms with E-state index in [-0.39, 0.29) is 30.3 Å². The van der Waals surface area contributed by atoms with E-state index in [2.05, 4.69) is 5.32 Å². The van der Waals surface area contributed by atoms with Crippen LogP contribution in [0.25, 0.3) is 0 Å². The summed E-state index contributed by atoms with van der Waals surface area (Å²) in [6.45, 7) is 6.90. The molecule has 25 heavy (non-hydrogen) atoms. The van der Waals surface area contributed by atoms with Gasteiger partial charge in [-0.1, -0.05) is 19.4 Å². The van der Waals surface area contributed by atoms with Crippen molar-refractivity contribution < 1.29 is 22.7 Å². The summed E-state index contributed by atoms with van der Waals surface area (Å²) in [4.78, 5) is 11.8. The van der Waals surface area contributed by atoms with Crippen molar-refractivity contribution in [3.8, 4) is 5.75 Å². The average Bonchev–Trinajstić information content (AvgIpc) is 2.43. The van der Waals surface area contributed by atoms with E-state index < -0.39 is 29.3 Å². The van der Waals surface area contributed by atoms with Crippen LogP contribution in [0.5, 0.6) is 5.75 Å². The highest BCUT2D eigenvalue weighted by atomic mass is 35.5. The standard InChI is InChI=1S/C17H25F3N2O2.ClH/c1-5-6-14(21)15(23)22-10-11-7-8-12(24-16(2,3)4)9-13(11)17(18,19)20;/h7-9,14H,5-6,10,21H2,1-4H3,(H,22,23);1H. The summed E-state index contributed by atoms with van der Waals surface area (Å²) in [6.07, 6.45) is -3.33. The number of carbonyl (C=O) groups excluding carboxylic acids is 1. The van der Waals surface area contributed by atoms with Gasteiger partial charge in [-0.15, -0.1) is 12.4 Å². The Morgan fingerprint density at radius 3 is 2.36 bits per heavy atom.